The van der Waals surface area contributed by atoms with Crippen LogP contribution < -0.4 is 10.1 Å². The first-order valence-corrected chi connectivity index (χ1v) is 8.39. The topological polar surface area (TPSA) is 77.0 Å². The number of methoxy groups -OCH3 is 1. The first-order chi connectivity index (χ1) is 11.5. The zero-order chi connectivity index (χ0) is 17.3. The minimum absolute atomic E-state index is 0.232. The minimum Gasteiger partial charge on any atom is -0.497 e. The largest absolute Gasteiger partial charge is 0.497 e. The number of benzene rings is 1. The highest BCUT2D eigenvalue weighted by Crippen LogP contribution is 2.25. The molecule has 0 radical (unpaired) electrons. The molecule has 2 heterocycles. The summed E-state index contributed by atoms with van der Waals surface area (Å²) in [5, 5.41) is 13.2. The average molecular weight is 342 g/mol. The van der Waals surface area contributed by atoms with E-state index in [1.165, 1.54) is 11.3 Å². The van der Waals surface area contributed by atoms with Gasteiger partial charge in [-0.05, 0) is 25.1 Å². The molecule has 1 N–H and O–H groups in total. The molecule has 3 rings (SSSR count). The lowest BCUT2D eigenvalue weighted by Gasteiger charge is -2.08. The van der Waals surface area contributed by atoms with E-state index in [0.717, 1.165) is 21.7 Å². The lowest BCUT2D eigenvalue weighted by Crippen LogP contribution is -2.14. The van der Waals surface area contributed by atoms with Crippen LogP contribution in [0.4, 0.5) is 5.13 Å². The van der Waals surface area contributed by atoms with Gasteiger partial charge in [-0.25, -0.2) is 0 Å². The van der Waals surface area contributed by atoms with E-state index in [-0.39, 0.29) is 11.8 Å². The molecule has 24 heavy (non-hydrogen) atoms. The standard InChI is InChI=1S/C17H18N4O2S/c1-9(2)16-20-21-17(24-16)19-15(22)13-7-11-5-6-12(23-4)8-14(11)18-10(13)3/h5-9H,1-4H3,(H,19,21,22). The zero-order valence-electron chi connectivity index (χ0n) is 14.0. The molecule has 0 aliphatic heterocycles. The summed E-state index contributed by atoms with van der Waals surface area (Å²) in [5.74, 6) is 0.790. The monoisotopic (exact) mass is 342 g/mol. The Labute approximate surface area is 143 Å². The highest BCUT2D eigenvalue weighted by molar-refractivity contribution is 7.15. The number of ether oxygens (including phenoxy) is 1. The summed E-state index contributed by atoms with van der Waals surface area (Å²) in [6.45, 7) is 5.89. The highest BCUT2D eigenvalue weighted by Gasteiger charge is 2.15. The number of rotatable bonds is 4. The number of nitrogens with zero attached hydrogens (tertiary/aromatic N) is 3. The summed E-state index contributed by atoms with van der Waals surface area (Å²) in [4.78, 5) is 17.1. The molecule has 124 valence electrons. The number of hydrogen-bond donors (Lipinski definition) is 1. The van der Waals surface area contributed by atoms with Crippen LogP contribution in [0, 0.1) is 6.92 Å². The van der Waals surface area contributed by atoms with Gasteiger partial charge in [0.2, 0.25) is 5.13 Å². The molecule has 6 nitrogen and oxygen atoms in total. The minimum atomic E-state index is -0.232. The number of fused-ring (bicyclic) bond motifs is 1. The lowest BCUT2D eigenvalue weighted by atomic mass is 10.1. The smallest absolute Gasteiger partial charge is 0.259 e. The number of aromatic nitrogens is 3. The van der Waals surface area contributed by atoms with E-state index >= 15 is 0 Å². The molecule has 0 aliphatic carbocycles. The molecule has 0 saturated heterocycles. The summed E-state index contributed by atoms with van der Waals surface area (Å²) in [5.41, 5.74) is 1.97. The second-order valence-electron chi connectivity index (χ2n) is 5.73. The summed E-state index contributed by atoms with van der Waals surface area (Å²) in [6.07, 6.45) is 0. The van der Waals surface area contributed by atoms with Crippen LogP contribution in [0.5, 0.6) is 5.75 Å². The van der Waals surface area contributed by atoms with Crippen molar-refractivity contribution in [2.75, 3.05) is 12.4 Å². The number of anilines is 1. The van der Waals surface area contributed by atoms with Gasteiger partial charge >= 0.3 is 0 Å². The van der Waals surface area contributed by atoms with Gasteiger partial charge < -0.3 is 4.74 Å². The molecule has 0 fully saturated rings. The van der Waals surface area contributed by atoms with Gasteiger partial charge in [0.15, 0.2) is 0 Å². The van der Waals surface area contributed by atoms with Crippen LogP contribution >= 0.6 is 11.3 Å². The first-order valence-electron chi connectivity index (χ1n) is 7.58. The van der Waals surface area contributed by atoms with E-state index in [4.69, 9.17) is 4.74 Å². The normalized spacial score (nSPS) is 11.0. The van der Waals surface area contributed by atoms with Gasteiger partial charge in [0, 0.05) is 17.4 Å². The average Bonchev–Trinajstić information content (AvgIpc) is 3.02. The molecule has 1 aromatic carbocycles. The van der Waals surface area contributed by atoms with Crippen LogP contribution in [0.15, 0.2) is 24.3 Å². The van der Waals surface area contributed by atoms with Crippen LogP contribution in [0.2, 0.25) is 0 Å². The molecule has 7 heteroatoms. The maximum absolute atomic E-state index is 12.5. The molecule has 0 aliphatic rings. The van der Waals surface area contributed by atoms with Crippen LogP contribution in [0.25, 0.3) is 10.9 Å². The van der Waals surface area contributed by atoms with E-state index in [0.29, 0.717) is 16.4 Å². The van der Waals surface area contributed by atoms with E-state index in [2.05, 4.69) is 20.5 Å². The Morgan fingerprint density at radius 1 is 1.25 bits per heavy atom. The van der Waals surface area contributed by atoms with Gasteiger partial charge in [-0.2, -0.15) is 0 Å². The van der Waals surface area contributed by atoms with Gasteiger partial charge in [-0.3, -0.25) is 15.1 Å². The maximum Gasteiger partial charge on any atom is 0.259 e. The van der Waals surface area contributed by atoms with Crippen LogP contribution in [0.1, 0.15) is 40.8 Å². The van der Waals surface area contributed by atoms with Gasteiger partial charge in [-0.15, -0.1) is 10.2 Å². The van der Waals surface area contributed by atoms with Crippen molar-refractivity contribution < 1.29 is 9.53 Å². The Morgan fingerprint density at radius 3 is 2.71 bits per heavy atom. The lowest BCUT2D eigenvalue weighted by molar-refractivity contribution is 0.102. The van der Waals surface area contributed by atoms with Crippen molar-refractivity contribution in [3.05, 3.63) is 40.5 Å². The third kappa shape index (κ3) is 3.21. The predicted octanol–water partition coefficient (Wildman–Crippen LogP) is 3.78. The molecular weight excluding hydrogens is 324 g/mol. The van der Waals surface area contributed by atoms with Crippen molar-refractivity contribution in [2.24, 2.45) is 0 Å². The molecule has 2 aromatic heterocycles. The molecular formula is C17H18N4O2S. The number of amides is 1. The molecule has 0 bridgehead atoms. The van der Waals surface area contributed by atoms with E-state index in [1.54, 1.807) is 7.11 Å². The van der Waals surface area contributed by atoms with Crippen molar-refractivity contribution in [1.29, 1.82) is 0 Å². The van der Waals surface area contributed by atoms with Gasteiger partial charge in [0.1, 0.15) is 10.8 Å². The zero-order valence-corrected chi connectivity index (χ0v) is 14.8. The SMILES string of the molecule is COc1ccc2cc(C(=O)Nc3nnc(C(C)C)s3)c(C)nc2c1. The van der Waals surface area contributed by atoms with Crippen molar-refractivity contribution in [3.8, 4) is 5.75 Å². The Morgan fingerprint density at radius 2 is 2.04 bits per heavy atom. The van der Waals surface area contributed by atoms with Crippen molar-refractivity contribution >= 4 is 33.3 Å². The molecule has 1 amide bonds. The maximum atomic E-state index is 12.5. The summed E-state index contributed by atoms with van der Waals surface area (Å²) >= 11 is 1.39. The van der Waals surface area contributed by atoms with E-state index in [9.17, 15) is 4.79 Å². The number of pyridine rings is 1. The number of nitrogens with one attached hydrogen (secondary N) is 1. The van der Waals surface area contributed by atoms with E-state index in [1.807, 2.05) is 45.0 Å². The number of carbonyl (C=O) groups is 1. The van der Waals surface area contributed by atoms with Crippen molar-refractivity contribution in [3.63, 3.8) is 0 Å². The number of hydrogen-bond acceptors (Lipinski definition) is 6. The van der Waals surface area contributed by atoms with Gasteiger partial charge in [0.25, 0.3) is 5.91 Å². The fourth-order valence-electron chi connectivity index (χ4n) is 2.28. The second kappa shape index (κ2) is 6.52. The second-order valence-corrected chi connectivity index (χ2v) is 6.74. The first kappa shape index (κ1) is 16.3. The number of aryl methyl sites for hydroxylation is 1. The third-order valence-electron chi connectivity index (χ3n) is 3.62. The van der Waals surface area contributed by atoms with Crippen LogP contribution in [-0.4, -0.2) is 28.2 Å². The van der Waals surface area contributed by atoms with Crippen LogP contribution in [0.3, 0.4) is 0 Å². The molecule has 0 saturated carbocycles. The Balaban J connectivity index is 1.89. The Bertz CT molecular complexity index is 905. The summed E-state index contributed by atoms with van der Waals surface area (Å²) in [7, 11) is 1.61. The molecule has 0 unspecified atom stereocenters. The molecule has 0 atom stereocenters. The molecule has 3 aromatic rings. The van der Waals surface area contributed by atoms with E-state index < -0.39 is 0 Å². The fraction of sp³-hybridized carbons (Fsp3) is 0.294. The van der Waals surface area contributed by atoms with Crippen LogP contribution in [-0.2, 0) is 0 Å². The fourth-order valence-corrected chi connectivity index (χ4v) is 3.02. The van der Waals surface area contributed by atoms with Gasteiger partial charge in [0.05, 0.1) is 23.9 Å². The number of carbonyl (C=O) groups excluding carboxylic acids is 1. The Hall–Kier alpha value is -2.54. The quantitative estimate of drug-likeness (QED) is 0.781. The summed E-state index contributed by atoms with van der Waals surface area (Å²) < 4.78 is 5.21. The highest BCUT2D eigenvalue weighted by atomic mass is 32.1. The molecule has 0 spiro atoms. The van der Waals surface area contributed by atoms with Gasteiger partial charge in [-0.1, -0.05) is 25.2 Å². The Kier molecular flexibility index (Phi) is 4.44. The summed E-state index contributed by atoms with van der Waals surface area (Å²) in [6, 6.07) is 7.42. The van der Waals surface area contributed by atoms with Crippen molar-refractivity contribution in [2.45, 2.75) is 26.7 Å². The van der Waals surface area contributed by atoms with Crippen molar-refractivity contribution in [1.82, 2.24) is 15.2 Å². The third-order valence-corrected chi connectivity index (χ3v) is 4.75. The predicted molar refractivity (Wildman–Crippen MR) is 95.0 cm³/mol.